The molecule has 0 bridgehead atoms. The number of nitrogens with zero attached hydrogens (tertiary/aromatic N) is 3. The monoisotopic (exact) mass is 314 g/mol. The Hall–Kier alpha value is -2.18. The molecule has 0 aliphatic carbocycles. The number of ether oxygens (including phenoxy) is 1. The summed E-state index contributed by atoms with van der Waals surface area (Å²) in [4.78, 5) is 14.2. The molecule has 0 saturated carbocycles. The Morgan fingerprint density at radius 3 is 3.04 bits per heavy atom. The van der Waals surface area contributed by atoms with Crippen molar-refractivity contribution in [3.05, 3.63) is 48.3 Å². The standard InChI is InChI=1S/C17H22N4O2/c1-20(17(22)11-15-13-23-10-8-18-15)12-14-5-2-3-6-16(14)21-9-4-7-19-21/h2-7,9,15,18H,8,10-13H2,1H3/t15-/m0/s1. The lowest BCUT2D eigenvalue weighted by atomic mass is 10.1. The molecule has 1 aliphatic heterocycles. The van der Waals surface area contributed by atoms with Gasteiger partial charge in [0.05, 0.1) is 18.9 Å². The number of hydrogen-bond acceptors (Lipinski definition) is 4. The maximum atomic E-state index is 12.4. The average molecular weight is 314 g/mol. The number of aromatic nitrogens is 2. The Bertz CT molecular complexity index is 636. The second-order valence-electron chi connectivity index (χ2n) is 5.76. The maximum absolute atomic E-state index is 12.4. The number of nitrogens with one attached hydrogen (secondary N) is 1. The van der Waals surface area contributed by atoms with Gasteiger partial charge in [-0.25, -0.2) is 4.68 Å². The smallest absolute Gasteiger partial charge is 0.224 e. The predicted octanol–water partition coefficient (Wildman–Crippen LogP) is 1.21. The van der Waals surface area contributed by atoms with Crippen LogP contribution in [0.25, 0.3) is 5.69 Å². The van der Waals surface area contributed by atoms with Crippen molar-refractivity contribution < 1.29 is 9.53 Å². The molecular weight excluding hydrogens is 292 g/mol. The van der Waals surface area contributed by atoms with Gasteiger partial charge in [0, 0.05) is 45.0 Å². The van der Waals surface area contributed by atoms with E-state index in [4.69, 9.17) is 4.74 Å². The van der Waals surface area contributed by atoms with E-state index >= 15 is 0 Å². The van der Waals surface area contributed by atoms with Gasteiger partial charge in [-0.3, -0.25) is 4.79 Å². The molecule has 6 heteroatoms. The van der Waals surface area contributed by atoms with Crippen LogP contribution in [0.4, 0.5) is 0 Å². The van der Waals surface area contributed by atoms with E-state index in [9.17, 15) is 4.79 Å². The van der Waals surface area contributed by atoms with E-state index in [1.165, 1.54) is 0 Å². The van der Waals surface area contributed by atoms with Crippen LogP contribution in [0.1, 0.15) is 12.0 Å². The van der Waals surface area contributed by atoms with Crippen molar-refractivity contribution in [2.75, 3.05) is 26.8 Å². The Labute approximate surface area is 136 Å². The lowest BCUT2D eigenvalue weighted by Gasteiger charge is -2.26. The topological polar surface area (TPSA) is 59.4 Å². The minimum Gasteiger partial charge on any atom is -0.378 e. The van der Waals surface area contributed by atoms with Gasteiger partial charge in [0.2, 0.25) is 5.91 Å². The second-order valence-corrected chi connectivity index (χ2v) is 5.76. The van der Waals surface area contributed by atoms with Gasteiger partial charge in [0.25, 0.3) is 0 Å². The number of benzene rings is 1. The fraction of sp³-hybridized carbons (Fsp3) is 0.412. The fourth-order valence-corrected chi connectivity index (χ4v) is 2.74. The SMILES string of the molecule is CN(Cc1ccccc1-n1cccn1)C(=O)C[C@H]1COCCN1. The largest absolute Gasteiger partial charge is 0.378 e. The Morgan fingerprint density at radius 2 is 2.30 bits per heavy atom. The molecule has 1 aromatic heterocycles. The van der Waals surface area contributed by atoms with Gasteiger partial charge in [-0.1, -0.05) is 18.2 Å². The van der Waals surface area contributed by atoms with Gasteiger partial charge in [-0.05, 0) is 17.7 Å². The van der Waals surface area contributed by atoms with Crippen LogP contribution in [-0.2, 0) is 16.1 Å². The molecule has 1 aliphatic rings. The van der Waals surface area contributed by atoms with Crippen LogP contribution in [-0.4, -0.2) is 53.4 Å². The summed E-state index contributed by atoms with van der Waals surface area (Å²) in [6, 6.07) is 10.0. The minimum absolute atomic E-state index is 0.111. The van der Waals surface area contributed by atoms with Crippen molar-refractivity contribution >= 4 is 5.91 Å². The quantitative estimate of drug-likeness (QED) is 0.901. The lowest BCUT2D eigenvalue weighted by molar-refractivity contribution is -0.131. The first-order valence-corrected chi connectivity index (χ1v) is 7.87. The molecule has 1 aromatic carbocycles. The normalized spacial score (nSPS) is 17.9. The van der Waals surface area contributed by atoms with Crippen LogP contribution in [0, 0.1) is 0 Å². The molecule has 0 spiro atoms. The van der Waals surface area contributed by atoms with Crippen LogP contribution in [0.2, 0.25) is 0 Å². The van der Waals surface area contributed by atoms with Crippen molar-refractivity contribution in [2.45, 2.75) is 19.0 Å². The van der Waals surface area contributed by atoms with E-state index in [1.54, 1.807) is 11.1 Å². The summed E-state index contributed by atoms with van der Waals surface area (Å²) in [6.45, 7) is 2.69. The van der Waals surface area contributed by atoms with Gasteiger partial charge in [0.15, 0.2) is 0 Å². The molecular formula is C17H22N4O2. The summed E-state index contributed by atoms with van der Waals surface area (Å²) in [7, 11) is 1.84. The third kappa shape index (κ3) is 3.97. The molecule has 3 rings (SSSR count). The van der Waals surface area contributed by atoms with Crippen LogP contribution in [0.3, 0.4) is 0 Å². The highest BCUT2D eigenvalue weighted by Crippen LogP contribution is 2.16. The van der Waals surface area contributed by atoms with Crippen molar-refractivity contribution in [1.82, 2.24) is 20.0 Å². The number of morpholine rings is 1. The first kappa shape index (κ1) is 15.7. The Morgan fingerprint density at radius 1 is 1.43 bits per heavy atom. The van der Waals surface area contributed by atoms with E-state index in [2.05, 4.69) is 10.4 Å². The molecule has 0 unspecified atom stereocenters. The summed E-state index contributed by atoms with van der Waals surface area (Å²) in [5.74, 6) is 0.114. The molecule has 0 radical (unpaired) electrons. The predicted molar refractivity (Wildman–Crippen MR) is 87.3 cm³/mol. The van der Waals surface area contributed by atoms with Crippen molar-refractivity contribution in [2.24, 2.45) is 0 Å². The van der Waals surface area contributed by atoms with Crippen LogP contribution >= 0.6 is 0 Å². The third-order valence-electron chi connectivity index (χ3n) is 4.00. The number of carbonyl (C=O) groups excluding carboxylic acids is 1. The lowest BCUT2D eigenvalue weighted by Crippen LogP contribution is -2.44. The summed E-state index contributed by atoms with van der Waals surface area (Å²) in [5, 5.41) is 7.60. The maximum Gasteiger partial charge on any atom is 0.224 e. The zero-order valence-corrected chi connectivity index (χ0v) is 13.3. The molecule has 23 heavy (non-hydrogen) atoms. The number of carbonyl (C=O) groups is 1. The van der Waals surface area contributed by atoms with E-state index in [-0.39, 0.29) is 11.9 Å². The summed E-state index contributed by atoms with van der Waals surface area (Å²) in [5.41, 5.74) is 2.07. The summed E-state index contributed by atoms with van der Waals surface area (Å²) < 4.78 is 7.23. The average Bonchev–Trinajstić information content (AvgIpc) is 3.10. The molecule has 1 saturated heterocycles. The third-order valence-corrected chi connectivity index (χ3v) is 4.00. The van der Waals surface area contributed by atoms with E-state index in [1.807, 2.05) is 48.3 Å². The van der Waals surface area contributed by atoms with Crippen molar-refractivity contribution in [3.8, 4) is 5.69 Å². The number of amides is 1. The highest BCUT2D eigenvalue weighted by molar-refractivity contribution is 5.76. The van der Waals surface area contributed by atoms with Gasteiger partial charge >= 0.3 is 0 Å². The summed E-state index contributed by atoms with van der Waals surface area (Å²) in [6.07, 6.45) is 4.12. The van der Waals surface area contributed by atoms with Crippen molar-refractivity contribution in [3.63, 3.8) is 0 Å². The number of hydrogen-bond donors (Lipinski definition) is 1. The fourth-order valence-electron chi connectivity index (χ4n) is 2.74. The van der Waals surface area contributed by atoms with Crippen molar-refractivity contribution in [1.29, 1.82) is 0 Å². The molecule has 1 N–H and O–H groups in total. The van der Waals surface area contributed by atoms with E-state index < -0.39 is 0 Å². The molecule has 2 heterocycles. The summed E-state index contributed by atoms with van der Waals surface area (Å²) >= 11 is 0. The zero-order valence-electron chi connectivity index (χ0n) is 13.3. The first-order chi connectivity index (χ1) is 11.2. The van der Waals surface area contributed by atoms with Gasteiger partial charge in [0.1, 0.15) is 0 Å². The highest BCUT2D eigenvalue weighted by atomic mass is 16.5. The molecule has 6 nitrogen and oxygen atoms in total. The Balaban J connectivity index is 1.65. The molecule has 1 atom stereocenters. The first-order valence-electron chi connectivity index (χ1n) is 7.87. The molecule has 122 valence electrons. The van der Waals surface area contributed by atoms with Crippen LogP contribution in [0.15, 0.2) is 42.7 Å². The van der Waals surface area contributed by atoms with Gasteiger partial charge in [-0.2, -0.15) is 5.10 Å². The number of rotatable bonds is 5. The van der Waals surface area contributed by atoms with E-state index in [0.29, 0.717) is 19.6 Å². The molecule has 1 fully saturated rings. The van der Waals surface area contributed by atoms with Gasteiger partial charge < -0.3 is 15.0 Å². The van der Waals surface area contributed by atoms with Gasteiger partial charge in [-0.15, -0.1) is 0 Å². The molecule has 1 amide bonds. The number of para-hydroxylation sites is 1. The molecule has 2 aromatic rings. The van der Waals surface area contributed by atoms with E-state index in [0.717, 1.165) is 24.4 Å². The minimum atomic E-state index is 0.111. The van der Waals surface area contributed by atoms with Crippen LogP contribution < -0.4 is 5.32 Å². The highest BCUT2D eigenvalue weighted by Gasteiger charge is 2.20. The van der Waals surface area contributed by atoms with Crippen LogP contribution in [0.5, 0.6) is 0 Å². The zero-order chi connectivity index (χ0) is 16.1. The Kier molecular flexibility index (Phi) is 5.05. The second kappa shape index (κ2) is 7.39.